The third-order valence-electron chi connectivity index (χ3n) is 4.68. The largest absolute Gasteiger partial charge is 0.467 e. The van der Waals surface area contributed by atoms with Gasteiger partial charge in [0.25, 0.3) is 0 Å². The zero-order valence-corrected chi connectivity index (χ0v) is 16.7. The van der Waals surface area contributed by atoms with E-state index in [4.69, 9.17) is 8.83 Å². The van der Waals surface area contributed by atoms with Gasteiger partial charge < -0.3 is 18.0 Å². The van der Waals surface area contributed by atoms with Gasteiger partial charge in [-0.2, -0.15) is 0 Å². The molecule has 4 aromatic rings. The van der Waals surface area contributed by atoms with Crippen LogP contribution in [0.15, 0.2) is 56.8 Å². The molecule has 8 heteroatoms. The van der Waals surface area contributed by atoms with Gasteiger partial charge in [0, 0.05) is 24.0 Å². The first-order valence-electron chi connectivity index (χ1n) is 8.83. The van der Waals surface area contributed by atoms with Gasteiger partial charge in [-0.05, 0) is 44.2 Å². The number of carbonyl (C=O) groups is 1. The second-order valence-corrected chi connectivity index (χ2v) is 7.45. The maximum atomic E-state index is 12.8. The first-order valence-corrected chi connectivity index (χ1v) is 9.81. The first kappa shape index (κ1) is 18.4. The molecule has 0 radical (unpaired) electrons. The van der Waals surface area contributed by atoms with Crippen molar-refractivity contribution < 1.29 is 13.6 Å². The predicted molar refractivity (Wildman–Crippen MR) is 105 cm³/mol. The van der Waals surface area contributed by atoms with Crippen LogP contribution in [0.25, 0.3) is 11.6 Å². The van der Waals surface area contributed by atoms with E-state index in [2.05, 4.69) is 14.8 Å². The number of thioether (sulfide) groups is 1. The summed E-state index contributed by atoms with van der Waals surface area (Å²) in [6.07, 6.45) is 3.25. The summed E-state index contributed by atoms with van der Waals surface area (Å²) in [5.74, 6) is 2.49. The molecule has 4 aromatic heterocycles. The highest BCUT2D eigenvalue weighted by Crippen LogP contribution is 2.25. The van der Waals surface area contributed by atoms with E-state index in [0.29, 0.717) is 23.3 Å². The number of rotatable bonds is 7. The molecule has 0 aromatic carbocycles. The van der Waals surface area contributed by atoms with Crippen LogP contribution in [0.4, 0.5) is 0 Å². The summed E-state index contributed by atoms with van der Waals surface area (Å²) in [5, 5.41) is 9.01. The van der Waals surface area contributed by atoms with Crippen LogP contribution in [-0.2, 0) is 13.6 Å². The minimum Gasteiger partial charge on any atom is -0.467 e. The van der Waals surface area contributed by atoms with E-state index >= 15 is 0 Å². The van der Waals surface area contributed by atoms with Gasteiger partial charge in [-0.3, -0.25) is 4.79 Å². The molecule has 0 aliphatic carbocycles. The Bertz CT molecular complexity index is 1090. The molecule has 0 spiro atoms. The fourth-order valence-corrected chi connectivity index (χ4v) is 3.95. The van der Waals surface area contributed by atoms with Gasteiger partial charge in [-0.1, -0.05) is 11.8 Å². The Kier molecular flexibility index (Phi) is 4.95. The van der Waals surface area contributed by atoms with Crippen molar-refractivity contribution in [2.45, 2.75) is 25.5 Å². The molecular formula is C20H20N4O3S. The first-order chi connectivity index (χ1) is 13.5. The summed E-state index contributed by atoms with van der Waals surface area (Å²) in [6, 6.07) is 9.37. The Labute approximate surface area is 166 Å². The van der Waals surface area contributed by atoms with E-state index in [1.54, 1.807) is 18.6 Å². The normalized spacial score (nSPS) is 11.2. The predicted octanol–water partition coefficient (Wildman–Crippen LogP) is 4.11. The standard InChI is InChI=1S/C20H20N4O3S/c1-13-10-16(14(2)24(13)11-15-6-4-8-26-15)17(25)12-28-20-22-21-19(23(20)3)18-7-5-9-27-18/h4-10H,11-12H2,1-3H3. The fourth-order valence-electron chi connectivity index (χ4n) is 3.15. The zero-order chi connectivity index (χ0) is 19.7. The van der Waals surface area contributed by atoms with Crippen molar-refractivity contribution in [1.29, 1.82) is 0 Å². The van der Waals surface area contributed by atoms with Crippen molar-refractivity contribution in [2.24, 2.45) is 7.05 Å². The maximum absolute atomic E-state index is 12.8. The lowest BCUT2D eigenvalue weighted by Gasteiger charge is -2.07. The van der Waals surface area contributed by atoms with Crippen LogP contribution in [0, 0.1) is 13.8 Å². The quantitative estimate of drug-likeness (QED) is 0.345. The molecule has 0 unspecified atom stereocenters. The molecule has 28 heavy (non-hydrogen) atoms. The van der Waals surface area contributed by atoms with Crippen LogP contribution in [0.2, 0.25) is 0 Å². The molecule has 0 fully saturated rings. The number of furan rings is 2. The lowest BCUT2D eigenvalue weighted by molar-refractivity contribution is 0.102. The average molecular weight is 396 g/mol. The number of nitrogens with zero attached hydrogens (tertiary/aromatic N) is 4. The zero-order valence-electron chi connectivity index (χ0n) is 15.9. The van der Waals surface area contributed by atoms with Gasteiger partial charge in [0.2, 0.25) is 0 Å². The third kappa shape index (κ3) is 3.43. The van der Waals surface area contributed by atoms with E-state index in [0.717, 1.165) is 22.7 Å². The topological polar surface area (TPSA) is 79.0 Å². The second kappa shape index (κ2) is 7.55. The van der Waals surface area contributed by atoms with Crippen LogP contribution in [0.5, 0.6) is 0 Å². The number of ketones is 1. The van der Waals surface area contributed by atoms with Crippen molar-refractivity contribution in [3.05, 3.63) is 65.6 Å². The average Bonchev–Trinajstić information content (AvgIpc) is 3.46. The summed E-state index contributed by atoms with van der Waals surface area (Å²) in [7, 11) is 1.86. The molecule has 0 atom stereocenters. The van der Waals surface area contributed by atoms with Gasteiger partial charge in [0.1, 0.15) is 5.76 Å². The van der Waals surface area contributed by atoms with Crippen molar-refractivity contribution in [1.82, 2.24) is 19.3 Å². The molecule has 0 saturated heterocycles. The Balaban J connectivity index is 1.48. The highest BCUT2D eigenvalue weighted by atomic mass is 32.2. The molecule has 0 saturated carbocycles. The Morgan fingerprint density at radius 1 is 1.14 bits per heavy atom. The van der Waals surface area contributed by atoms with Crippen LogP contribution < -0.4 is 0 Å². The highest BCUT2D eigenvalue weighted by Gasteiger charge is 2.19. The minimum absolute atomic E-state index is 0.0614. The summed E-state index contributed by atoms with van der Waals surface area (Å²) in [5.41, 5.74) is 2.69. The summed E-state index contributed by atoms with van der Waals surface area (Å²) in [6.45, 7) is 4.57. The van der Waals surface area contributed by atoms with Gasteiger partial charge in [-0.15, -0.1) is 10.2 Å². The van der Waals surface area contributed by atoms with Crippen LogP contribution in [0.1, 0.15) is 27.5 Å². The van der Waals surface area contributed by atoms with Gasteiger partial charge in [0.05, 0.1) is 24.8 Å². The van der Waals surface area contributed by atoms with Crippen LogP contribution in [0.3, 0.4) is 0 Å². The van der Waals surface area contributed by atoms with E-state index in [-0.39, 0.29) is 11.5 Å². The molecule has 4 heterocycles. The number of hydrogen-bond donors (Lipinski definition) is 0. The van der Waals surface area contributed by atoms with Gasteiger partial charge in [-0.25, -0.2) is 0 Å². The molecule has 0 aliphatic rings. The SMILES string of the molecule is Cc1cc(C(=O)CSc2nnc(-c3ccco3)n2C)c(C)n1Cc1ccco1. The van der Waals surface area contributed by atoms with Crippen molar-refractivity contribution in [3.8, 4) is 11.6 Å². The van der Waals surface area contributed by atoms with Crippen molar-refractivity contribution >= 4 is 17.5 Å². The lowest BCUT2D eigenvalue weighted by atomic mass is 10.2. The Hall–Kier alpha value is -3.00. The lowest BCUT2D eigenvalue weighted by Crippen LogP contribution is -2.08. The summed E-state index contributed by atoms with van der Waals surface area (Å²) in [4.78, 5) is 12.8. The number of carbonyl (C=O) groups excluding carboxylic acids is 1. The smallest absolute Gasteiger partial charge is 0.200 e. The van der Waals surface area contributed by atoms with E-state index in [1.165, 1.54) is 11.8 Å². The van der Waals surface area contributed by atoms with E-state index in [9.17, 15) is 4.79 Å². The Morgan fingerprint density at radius 3 is 2.64 bits per heavy atom. The van der Waals surface area contributed by atoms with Crippen LogP contribution >= 0.6 is 11.8 Å². The monoisotopic (exact) mass is 396 g/mol. The number of aromatic nitrogens is 4. The molecule has 7 nitrogen and oxygen atoms in total. The number of hydrogen-bond acceptors (Lipinski definition) is 6. The third-order valence-corrected chi connectivity index (χ3v) is 5.70. The molecule has 4 rings (SSSR count). The molecule has 0 aliphatic heterocycles. The number of Topliss-reactive ketones (excluding diaryl/α,β-unsaturated/α-hetero) is 1. The van der Waals surface area contributed by atoms with Crippen molar-refractivity contribution in [3.63, 3.8) is 0 Å². The maximum Gasteiger partial charge on any atom is 0.200 e. The summed E-state index contributed by atoms with van der Waals surface area (Å²) < 4.78 is 14.7. The molecule has 144 valence electrons. The Morgan fingerprint density at radius 2 is 1.93 bits per heavy atom. The second-order valence-electron chi connectivity index (χ2n) is 6.50. The minimum atomic E-state index is 0.0614. The molecular weight excluding hydrogens is 376 g/mol. The van der Waals surface area contributed by atoms with E-state index < -0.39 is 0 Å². The van der Waals surface area contributed by atoms with Gasteiger partial charge in [0.15, 0.2) is 22.5 Å². The fraction of sp³-hybridized carbons (Fsp3) is 0.250. The van der Waals surface area contributed by atoms with Crippen molar-refractivity contribution in [2.75, 3.05) is 5.75 Å². The molecule has 0 bridgehead atoms. The van der Waals surface area contributed by atoms with Crippen LogP contribution in [-0.4, -0.2) is 30.9 Å². The van der Waals surface area contributed by atoms with E-state index in [1.807, 2.05) is 49.7 Å². The molecule has 0 N–H and O–H groups in total. The number of aryl methyl sites for hydroxylation is 1. The molecule has 0 amide bonds. The van der Waals surface area contributed by atoms with Gasteiger partial charge >= 0.3 is 0 Å². The summed E-state index contributed by atoms with van der Waals surface area (Å²) >= 11 is 1.37. The highest BCUT2D eigenvalue weighted by molar-refractivity contribution is 7.99.